The van der Waals surface area contributed by atoms with Crippen LogP contribution >= 0.6 is 0 Å². The SMILES string of the molecule is C1=CC(c2ccc3c(ccc4cc5ccccc5cc43)c2)=NC(c2ccc3ccc4cc5ccccc5cc4c3c2)=CC=1c1ccc2ccc3cc4ccccc4cc3c2c1. The molecular weight excluding hydrogens is 735 g/mol. The molecule has 280 valence electrons. The van der Waals surface area contributed by atoms with Gasteiger partial charge in [-0.1, -0.05) is 146 Å². The second-order valence-corrected chi connectivity index (χ2v) is 16.5. The molecule has 1 aliphatic rings. The molecule has 0 spiro atoms. The maximum absolute atomic E-state index is 5.52. The normalized spacial score (nSPS) is 13.2. The van der Waals surface area contributed by atoms with Gasteiger partial charge in [-0.05, 0) is 163 Å². The molecule has 0 amide bonds. The molecule has 1 heteroatoms. The van der Waals surface area contributed by atoms with Crippen molar-refractivity contribution in [2.45, 2.75) is 0 Å². The topological polar surface area (TPSA) is 12.4 Å². The van der Waals surface area contributed by atoms with E-state index < -0.39 is 0 Å². The van der Waals surface area contributed by atoms with Crippen molar-refractivity contribution in [3.63, 3.8) is 0 Å². The van der Waals surface area contributed by atoms with Crippen LogP contribution in [0, 0.1) is 0 Å². The summed E-state index contributed by atoms with van der Waals surface area (Å²) in [5.74, 6) is 0. The lowest BCUT2D eigenvalue weighted by molar-refractivity contribution is 1.51. The Bertz CT molecular complexity index is 4020. The number of allylic oxidation sites excluding steroid dienone is 2. The highest BCUT2D eigenvalue weighted by Crippen LogP contribution is 2.37. The van der Waals surface area contributed by atoms with E-state index in [9.17, 15) is 0 Å². The second kappa shape index (κ2) is 13.2. The standard InChI is InChI=1S/C60H35N/c1-4-10-42-31-56-48(27-39(42)7-1)21-20-47-30-51(23-25-53(47)56)59-26-24-46(45-17-13-37-14-18-49-28-40-8-2-5-11-43(40)32-57(49)54(37)34-45)36-60(61-59)52-22-16-38-15-19-50-29-41-9-3-6-12-44(41)33-58(50)55(38)35-52/h1-23,25-36H. The molecule has 1 heterocycles. The third-order valence-electron chi connectivity index (χ3n) is 12.9. The largest absolute Gasteiger partial charge is 0.247 e. The first-order valence-electron chi connectivity index (χ1n) is 21.0. The highest BCUT2D eigenvalue weighted by Gasteiger charge is 2.15. The van der Waals surface area contributed by atoms with Crippen molar-refractivity contribution in [2.75, 3.05) is 0 Å². The molecule has 0 N–H and O–H groups in total. The van der Waals surface area contributed by atoms with Crippen molar-refractivity contribution in [1.82, 2.24) is 0 Å². The molecule has 1 aliphatic heterocycles. The van der Waals surface area contributed by atoms with Gasteiger partial charge >= 0.3 is 0 Å². The third-order valence-corrected chi connectivity index (χ3v) is 12.9. The van der Waals surface area contributed by atoms with E-state index >= 15 is 0 Å². The van der Waals surface area contributed by atoms with Crippen LogP contribution in [0.4, 0.5) is 0 Å². The van der Waals surface area contributed by atoms with E-state index in [4.69, 9.17) is 4.99 Å². The fourth-order valence-electron chi connectivity index (χ4n) is 9.71. The van der Waals surface area contributed by atoms with Crippen LogP contribution in [0.1, 0.15) is 16.7 Å². The van der Waals surface area contributed by atoms with Crippen molar-refractivity contribution < 1.29 is 0 Å². The summed E-state index contributed by atoms with van der Waals surface area (Å²) in [4.78, 5) is 5.52. The summed E-state index contributed by atoms with van der Waals surface area (Å²) in [5, 5.41) is 22.3. The molecule has 0 atom stereocenters. The molecule has 61 heavy (non-hydrogen) atoms. The summed E-state index contributed by atoms with van der Waals surface area (Å²) in [7, 11) is 0. The Hall–Kier alpha value is -8.09. The van der Waals surface area contributed by atoms with Crippen molar-refractivity contribution in [1.29, 1.82) is 0 Å². The summed E-state index contributed by atoms with van der Waals surface area (Å²) < 4.78 is 0. The summed E-state index contributed by atoms with van der Waals surface area (Å²) >= 11 is 0. The summed E-state index contributed by atoms with van der Waals surface area (Å²) in [5.41, 5.74) is 9.76. The van der Waals surface area contributed by atoms with E-state index in [1.165, 1.54) is 97.0 Å². The van der Waals surface area contributed by atoms with Crippen molar-refractivity contribution >= 4 is 114 Å². The van der Waals surface area contributed by atoms with Crippen LogP contribution in [-0.2, 0) is 0 Å². The number of aliphatic imine (C=N–C) groups is 1. The zero-order chi connectivity index (χ0) is 40.0. The minimum atomic E-state index is 0.878. The summed E-state index contributed by atoms with van der Waals surface area (Å²) in [6.07, 6.45) is 4.31. The van der Waals surface area contributed by atoms with Crippen molar-refractivity contribution in [2.24, 2.45) is 4.99 Å². The number of rotatable bonds is 3. The fourth-order valence-corrected chi connectivity index (χ4v) is 9.71. The van der Waals surface area contributed by atoms with Gasteiger partial charge in [0.25, 0.3) is 0 Å². The number of benzene rings is 12. The molecule has 12 aromatic carbocycles. The lowest BCUT2D eigenvalue weighted by atomic mass is 9.94. The zero-order valence-electron chi connectivity index (χ0n) is 33.2. The monoisotopic (exact) mass is 769 g/mol. The van der Waals surface area contributed by atoms with Gasteiger partial charge in [-0.15, -0.1) is 5.73 Å². The Kier molecular flexibility index (Phi) is 7.33. The van der Waals surface area contributed by atoms with Gasteiger partial charge in [0.15, 0.2) is 0 Å². The molecule has 0 radical (unpaired) electrons. The third kappa shape index (κ3) is 5.60. The average Bonchev–Trinajstić information content (AvgIpc) is 3.55. The predicted octanol–water partition coefficient (Wildman–Crippen LogP) is 16.1. The van der Waals surface area contributed by atoms with E-state index in [0.717, 1.165) is 33.7 Å². The zero-order valence-corrected chi connectivity index (χ0v) is 33.2. The second-order valence-electron chi connectivity index (χ2n) is 16.5. The molecule has 13 rings (SSSR count). The van der Waals surface area contributed by atoms with Crippen LogP contribution in [-0.4, -0.2) is 5.71 Å². The number of fused-ring (bicyclic) bond motifs is 12. The van der Waals surface area contributed by atoms with Gasteiger partial charge in [0.05, 0.1) is 11.4 Å². The van der Waals surface area contributed by atoms with Gasteiger partial charge in [-0.3, -0.25) is 0 Å². The van der Waals surface area contributed by atoms with E-state index in [1.54, 1.807) is 0 Å². The number of nitrogens with zero attached hydrogens (tertiary/aromatic N) is 1. The van der Waals surface area contributed by atoms with Crippen LogP contribution in [0.2, 0.25) is 0 Å². The smallest absolute Gasteiger partial charge is 0.0786 e. The van der Waals surface area contributed by atoms with E-state index in [-0.39, 0.29) is 0 Å². The van der Waals surface area contributed by atoms with Gasteiger partial charge in [0, 0.05) is 22.8 Å². The van der Waals surface area contributed by atoms with Gasteiger partial charge in [0.1, 0.15) is 0 Å². The van der Waals surface area contributed by atoms with Crippen LogP contribution in [0.25, 0.3) is 108 Å². The molecule has 0 unspecified atom stereocenters. The Morgan fingerprint density at radius 2 is 0.672 bits per heavy atom. The van der Waals surface area contributed by atoms with Crippen molar-refractivity contribution in [3.8, 4) is 0 Å². The first kappa shape index (κ1) is 33.8. The Morgan fingerprint density at radius 3 is 1.21 bits per heavy atom. The predicted molar refractivity (Wildman–Crippen MR) is 263 cm³/mol. The first-order chi connectivity index (χ1) is 30.1. The number of hydrogen-bond acceptors (Lipinski definition) is 1. The highest BCUT2D eigenvalue weighted by atomic mass is 14.8. The van der Waals surface area contributed by atoms with E-state index in [0.29, 0.717) is 0 Å². The quantitative estimate of drug-likeness (QED) is 0.0964. The molecule has 0 aromatic heterocycles. The Labute approximate surface area is 352 Å². The lowest BCUT2D eigenvalue weighted by Gasteiger charge is -2.11. The molecule has 0 saturated carbocycles. The van der Waals surface area contributed by atoms with Gasteiger partial charge < -0.3 is 0 Å². The fraction of sp³-hybridized carbons (Fsp3) is 0. The highest BCUT2D eigenvalue weighted by molar-refractivity contribution is 6.19. The van der Waals surface area contributed by atoms with Gasteiger partial charge in [-0.2, -0.15) is 0 Å². The lowest BCUT2D eigenvalue weighted by Crippen LogP contribution is -1.97. The Morgan fingerprint density at radius 1 is 0.279 bits per heavy atom. The Balaban J connectivity index is 1.01. The van der Waals surface area contributed by atoms with Crippen LogP contribution in [0.3, 0.4) is 0 Å². The molecule has 1 nitrogen and oxygen atoms in total. The minimum absolute atomic E-state index is 0.878. The van der Waals surface area contributed by atoms with E-state index in [2.05, 4.69) is 218 Å². The molecular formula is C60H35N. The average molecular weight is 770 g/mol. The summed E-state index contributed by atoms with van der Waals surface area (Å²) in [6, 6.07) is 73.6. The number of hydrogen-bond donors (Lipinski definition) is 0. The maximum atomic E-state index is 5.52. The van der Waals surface area contributed by atoms with Crippen molar-refractivity contribution in [3.05, 3.63) is 235 Å². The van der Waals surface area contributed by atoms with Gasteiger partial charge in [0.2, 0.25) is 0 Å². The van der Waals surface area contributed by atoms with E-state index in [1.807, 2.05) is 0 Å². The minimum Gasteiger partial charge on any atom is -0.247 e. The summed E-state index contributed by atoms with van der Waals surface area (Å²) in [6.45, 7) is 0. The maximum Gasteiger partial charge on any atom is 0.0786 e. The molecule has 0 saturated heterocycles. The van der Waals surface area contributed by atoms with Crippen LogP contribution < -0.4 is 0 Å². The van der Waals surface area contributed by atoms with Crippen LogP contribution in [0.15, 0.2) is 223 Å². The van der Waals surface area contributed by atoms with Gasteiger partial charge in [-0.25, -0.2) is 4.99 Å². The molecule has 12 aromatic rings. The first-order valence-corrected chi connectivity index (χ1v) is 21.0. The molecule has 0 aliphatic carbocycles. The molecule has 0 bridgehead atoms. The molecule has 0 fully saturated rings. The van der Waals surface area contributed by atoms with Crippen LogP contribution in [0.5, 0.6) is 0 Å².